The molecule has 0 bridgehead atoms. The molecule has 1 rings (SSSR count). The average molecular weight is 254 g/mol. The van der Waals surface area contributed by atoms with Crippen LogP contribution in [0.4, 0.5) is 0 Å². The molecule has 18 heavy (non-hydrogen) atoms. The van der Waals surface area contributed by atoms with Gasteiger partial charge in [-0.1, -0.05) is 13.8 Å². The second-order valence-electron chi connectivity index (χ2n) is 5.54. The van der Waals surface area contributed by atoms with Gasteiger partial charge in [0.05, 0.1) is 0 Å². The van der Waals surface area contributed by atoms with Gasteiger partial charge < -0.3 is 10.2 Å². The maximum Gasteiger partial charge on any atom is 0.222 e. The van der Waals surface area contributed by atoms with Crippen LogP contribution >= 0.6 is 0 Å². The summed E-state index contributed by atoms with van der Waals surface area (Å²) in [5.74, 6) is 1.12. The fourth-order valence-corrected chi connectivity index (χ4v) is 2.34. The number of nitrogens with zero attached hydrogens (tertiary/aromatic N) is 1. The van der Waals surface area contributed by atoms with Gasteiger partial charge in [-0.15, -0.1) is 0 Å². The van der Waals surface area contributed by atoms with Gasteiger partial charge in [0.25, 0.3) is 0 Å². The Morgan fingerprint density at radius 3 is 2.39 bits per heavy atom. The summed E-state index contributed by atoms with van der Waals surface area (Å²) in [5.41, 5.74) is 0. The fraction of sp³-hybridized carbons (Fsp3) is 0.857. The molecule has 1 fully saturated rings. The van der Waals surface area contributed by atoms with Gasteiger partial charge in [-0.2, -0.15) is 0 Å². The number of hydrogen-bond acceptors (Lipinski definition) is 2. The van der Waals surface area contributed by atoms with Crippen molar-refractivity contribution in [3.63, 3.8) is 0 Å². The first-order valence-corrected chi connectivity index (χ1v) is 7.04. The van der Waals surface area contributed by atoms with E-state index in [1.807, 2.05) is 18.7 Å². The highest BCUT2D eigenvalue weighted by Crippen LogP contribution is 2.21. The number of carbonyl (C=O) groups excluding carboxylic acids is 2. The summed E-state index contributed by atoms with van der Waals surface area (Å²) in [6.45, 7) is 8.04. The largest absolute Gasteiger partial charge is 0.356 e. The highest BCUT2D eigenvalue weighted by Gasteiger charge is 2.20. The number of hydrogen-bond donors (Lipinski definition) is 1. The molecule has 1 N–H and O–H groups in total. The van der Waals surface area contributed by atoms with Gasteiger partial charge in [-0.3, -0.25) is 9.59 Å². The fourth-order valence-electron chi connectivity index (χ4n) is 2.34. The summed E-state index contributed by atoms with van der Waals surface area (Å²) in [6, 6.07) is 0. The molecule has 4 heteroatoms. The number of amides is 2. The topological polar surface area (TPSA) is 49.4 Å². The number of nitrogens with one attached hydrogen (secondary N) is 1. The van der Waals surface area contributed by atoms with E-state index in [-0.39, 0.29) is 17.7 Å². The van der Waals surface area contributed by atoms with E-state index >= 15 is 0 Å². The molecule has 0 aliphatic carbocycles. The normalized spacial score (nSPS) is 17.0. The lowest BCUT2D eigenvalue weighted by atomic mass is 9.92. The second kappa shape index (κ2) is 7.39. The molecule has 1 aliphatic rings. The average Bonchev–Trinajstić information content (AvgIpc) is 2.34. The molecule has 0 unspecified atom stereocenters. The van der Waals surface area contributed by atoms with Crippen molar-refractivity contribution >= 4 is 11.8 Å². The van der Waals surface area contributed by atoms with Crippen LogP contribution in [0.25, 0.3) is 0 Å². The van der Waals surface area contributed by atoms with E-state index in [4.69, 9.17) is 0 Å². The van der Waals surface area contributed by atoms with Crippen molar-refractivity contribution in [1.82, 2.24) is 10.2 Å². The first-order valence-electron chi connectivity index (χ1n) is 7.04. The second-order valence-corrected chi connectivity index (χ2v) is 5.54. The summed E-state index contributed by atoms with van der Waals surface area (Å²) in [6.07, 6.45) is 4.42. The molecule has 0 saturated carbocycles. The molecule has 1 aliphatic heterocycles. The monoisotopic (exact) mass is 254 g/mol. The van der Waals surface area contributed by atoms with E-state index < -0.39 is 0 Å². The number of likely N-dealkylation sites (tertiary alicyclic amines) is 1. The Morgan fingerprint density at radius 2 is 1.89 bits per heavy atom. The van der Waals surface area contributed by atoms with Crippen LogP contribution in [0, 0.1) is 11.8 Å². The van der Waals surface area contributed by atoms with Gasteiger partial charge in [0, 0.05) is 32.5 Å². The minimum absolute atomic E-state index is 0.0730. The first kappa shape index (κ1) is 15.0. The maximum atomic E-state index is 11.4. The lowest BCUT2D eigenvalue weighted by molar-refractivity contribution is -0.130. The molecule has 104 valence electrons. The highest BCUT2D eigenvalue weighted by molar-refractivity contribution is 5.77. The van der Waals surface area contributed by atoms with E-state index in [0.29, 0.717) is 0 Å². The molecule has 0 aromatic rings. The van der Waals surface area contributed by atoms with Gasteiger partial charge in [-0.05, 0) is 31.6 Å². The van der Waals surface area contributed by atoms with E-state index in [2.05, 4.69) is 5.32 Å². The molecule has 0 radical (unpaired) electrons. The van der Waals surface area contributed by atoms with Crippen molar-refractivity contribution in [2.24, 2.45) is 11.8 Å². The summed E-state index contributed by atoms with van der Waals surface area (Å²) in [7, 11) is 0. The van der Waals surface area contributed by atoms with E-state index in [0.717, 1.165) is 51.2 Å². The summed E-state index contributed by atoms with van der Waals surface area (Å²) < 4.78 is 0. The van der Waals surface area contributed by atoms with Crippen LogP contribution in [0.1, 0.15) is 46.5 Å². The van der Waals surface area contributed by atoms with Crippen LogP contribution in [-0.4, -0.2) is 36.3 Å². The number of rotatable bonds is 5. The number of carbonyl (C=O) groups is 2. The lowest BCUT2D eigenvalue weighted by Gasteiger charge is -2.31. The highest BCUT2D eigenvalue weighted by atomic mass is 16.2. The van der Waals surface area contributed by atoms with Crippen LogP contribution in [0.15, 0.2) is 0 Å². The zero-order valence-corrected chi connectivity index (χ0v) is 11.9. The van der Waals surface area contributed by atoms with E-state index in [9.17, 15) is 9.59 Å². The Labute approximate surface area is 110 Å². The minimum atomic E-state index is 0.0730. The third-order valence-electron chi connectivity index (χ3n) is 3.67. The predicted molar refractivity (Wildman–Crippen MR) is 72.1 cm³/mol. The summed E-state index contributed by atoms with van der Waals surface area (Å²) >= 11 is 0. The standard InChI is InChI=1S/C14H26N2O2/c1-11(2)14(18)15-8-4-5-13-6-9-16(10-7-13)12(3)17/h11,13H,4-10H2,1-3H3,(H,15,18). The number of piperidine rings is 1. The third-order valence-corrected chi connectivity index (χ3v) is 3.67. The maximum absolute atomic E-state index is 11.4. The van der Waals surface area contributed by atoms with Crippen molar-refractivity contribution in [3.8, 4) is 0 Å². The van der Waals surface area contributed by atoms with Gasteiger partial charge >= 0.3 is 0 Å². The van der Waals surface area contributed by atoms with Crippen molar-refractivity contribution in [2.45, 2.75) is 46.5 Å². The van der Waals surface area contributed by atoms with Crippen LogP contribution in [0.3, 0.4) is 0 Å². The quantitative estimate of drug-likeness (QED) is 0.761. The molecule has 2 amide bonds. The molecular formula is C14H26N2O2. The lowest BCUT2D eigenvalue weighted by Crippen LogP contribution is -2.37. The van der Waals surface area contributed by atoms with Crippen molar-refractivity contribution < 1.29 is 9.59 Å². The molecule has 0 aromatic carbocycles. The predicted octanol–water partition coefficient (Wildman–Crippen LogP) is 1.80. The van der Waals surface area contributed by atoms with Gasteiger partial charge in [0.2, 0.25) is 11.8 Å². The Hall–Kier alpha value is -1.06. The third kappa shape index (κ3) is 5.07. The van der Waals surface area contributed by atoms with Gasteiger partial charge in [0.15, 0.2) is 0 Å². The Morgan fingerprint density at radius 1 is 1.28 bits per heavy atom. The van der Waals surface area contributed by atoms with Gasteiger partial charge in [0.1, 0.15) is 0 Å². The molecular weight excluding hydrogens is 228 g/mol. The zero-order valence-electron chi connectivity index (χ0n) is 11.9. The van der Waals surface area contributed by atoms with Crippen LogP contribution in [0.2, 0.25) is 0 Å². The Balaban J connectivity index is 2.08. The SMILES string of the molecule is CC(=O)N1CCC(CCCNC(=O)C(C)C)CC1. The first-order chi connectivity index (χ1) is 8.50. The molecule has 0 spiro atoms. The van der Waals surface area contributed by atoms with Crippen LogP contribution < -0.4 is 5.32 Å². The molecule has 0 aromatic heterocycles. The van der Waals surface area contributed by atoms with Crippen LogP contribution in [0.5, 0.6) is 0 Å². The Bertz CT molecular complexity index is 282. The van der Waals surface area contributed by atoms with Crippen molar-refractivity contribution in [1.29, 1.82) is 0 Å². The van der Waals surface area contributed by atoms with E-state index in [1.54, 1.807) is 6.92 Å². The summed E-state index contributed by atoms with van der Waals surface area (Å²) in [5, 5.41) is 2.95. The molecule has 4 nitrogen and oxygen atoms in total. The van der Waals surface area contributed by atoms with Crippen LogP contribution in [-0.2, 0) is 9.59 Å². The molecule has 1 saturated heterocycles. The zero-order chi connectivity index (χ0) is 13.5. The molecule has 0 atom stereocenters. The Kier molecular flexibility index (Phi) is 6.16. The summed E-state index contributed by atoms with van der Waals surface area (Å²) in [4.78, 5) is 24.5. The smallest absolute Gasteiger partial charge is 0.222 e. The minimum Gasteiger partial charge on any atom is -0.356 e. The van der Waals surface area contributed by atoms with Gasteiger partial charge in [-0.25, -0.2) is 0 Å². The van der Waals surface area contributed by atoms with E-state index in [1.165, 1.54) is 0 Å². The molecule has 1 heterocycles. The van der Waals surface area contributed by atoms with Crippen molar-refractivity contribution in [3.05, 3.63) is 0 Å². The van der Waals surface area contributed by atoms with Crippen molar-refractivity contribution in [2.75, 3.05) is 19.6 Å².